The number of hydrogen-bond donors (Lipinski definition) is 0. The van der Waals surface area contributed by atoms with Crippen LogP contribution in [-0.4, -0.2) is 31.7 Å². The molecule has 0 aromatic heterocycles. The average molecular weight is 332 g/mol. The first kappa shape index (κ1) is 17.2. The molecule has 0 saturated carbocycles. The van der Waals surface area contributed by atoms with Crippen LogP contribution >= 0.6 is 11.6 Å². The van der Waals surface area contributed by atoms with Gasteiger partial charge in [0.1, 0.15) is 12.2 Å². The Morgan fingerprint density at radius 3 is 2.52 bits per heavy atom. The fourth-order valence-electron chi connectivity index (χ4n) is 2.45. The SMILES string of the molecule is C=NN(C=NC)CC(Cc1ccccc1Cl)c1ccc(F)cc1. The Kier molecular flexibility index (Phi) is 6.29. The molecule has 1 atom stereocenters. The molecule has 0 aliphatic carbocycles. The second kappa shape index (κ2) is 8.44. The van der Waals surface area contributed by atoms with E-state index in [0.29, 0.717) is 6.54 Å². The highest BCUT2D eigenvalue weighted by Crippen LogP contribution is 2.26. The van der Waals surface area contributed by atoms with E-state index in [9.17, 15) is 4.39 Å². The molecular weight excluding hydrogens is 313 g/mol. The summed E-state index contributed by atoms with van der Waals surface area (Å²) in [7, 11) is 1.68. The molecule has 0 saturated heterocycles. The first-order chi connectivity index (χ1) is 11.1. The quantitative estimate of drug-likeness (QED) is 0.420. The van der Waals surface area contributed by atoms with Gasteiger partial charge in [0, 0.05) is 31.3 Å². The van der Waals surface area contributed by atoms with Gasteiger partial charge < -0.3 is 0 Å². The predicted octanol–water partition coefficient (Wildman–Crippen LogP) is 4.38. The van der Waals surface area contributed by atoms with Crippen molar-refractivity contribution in [3.63, 3.8) is 0 Å². The van der Waals surface area contributed by atoms with Gasteiger partial charge in [-0.3, -0.25) is 10.0 Å². The maximum atomic E-state index is 13.2. The third kappa shape index (κ3) is 4.89. The predicted molar refractivity (Wildman–Crippen MR) is 95.0 cm³/mol. The molecule has 0 amide bonds. The lowest BCUT2D eigenvalue weighted by atomic mass is 9.91. The number of hydrogen-bond acceptors (Lipinski definition) is 2. The lowest BCUT2D eigenvalue weighted by Gasteiger charge is -2.23. The largest absolute Gasteiger partial charge is 0.277 e. The van der Waals surface area contributed by atoms with Gasteiger partial charge in [-0.25, -0.2) is 4.39 Å². The summed E-state index contributed by atoms with van der Waals surface area (Å²) in [5.74, 6) is -0.168. The van der Waals surface area contributed by atoms with E-state index in [-0.39, 0.29) is 11.7 Å². The van der Waals surface area contributed by atoms with E-state index >= 15 is 0 Å². The number of aliphatic imine (C=N–C) groups is 1. The van der Waals surface area contributed by atoms with Crippen LogP contribution in [0.15, 0.2) is 58.6 Å². The number of halogens is 2. The van der Waals surface area contributed by atoms with Gasteiger partial charge in [-0.05, 0) is 35.7 Å². The minimum atomic E-state index is -0.251. The zero-order chi connectivity index (χ0) is 16.7. The average Bonchev–Trinajstić information content (AvgIpc) is 2.56. The van der Waals surface area contributed by atoms with Gasteiger partial charge in [0.05, 0.1) is 0 Å². The summed E-state index contributed by atoms with van der Waals surface area (Å²) in [6.07, 6.45) is 2.34. The van der Waals surface area contributed by atoms with Crippen LogP contribution < -0.4 is 0 Å². The molecule has 0 aliphatic rings. The molecule has 0 bridgehead atoms. The topological polar surface area (TPSA) is 28.0 Å². The van der Waals surface area contributed by atoms with E-state index < -0.39 is 0 Å². The van der Waals surface area contributed by atoms with Crippen LogP contribution in [0.25, 0.3) is 0 Å². The van der Waals surface area contributed by atoms with Gasteiger partial charge in [0.15, 0.2) is 0 Å². The molecule has 0 heterocycles. The van der Waals surface area contributed by atoms with Crippen LogP contribution in [0.4, 0.5) is 4.39 Å². The zero-order valence-electron chi connectivity index (χ0n) is 13.0. The monoisotopic (exact) mass is 331 g/mol. The minimum Gasteiger partial charge on any atom is -0.277 e. The van der Waals surface area contributed by atoms with Crippen LogP contribution in [0.5, 0.6) is 0 Å². The highest BCUT2D eigenvalue weighted by Gasteiger charge is 2.17. The van der Waals surface area contributed by atoms with Crippen LogP contribution in [0.3, 0.4) is 0 Å². The lowest BCUT2D eigenvalue weighted by molar-refractivity contribution is 0.414. The van der Waals surface area contributed by atoms with Gasteiger partial charge in [0.2, 0.25) is 0 Å². The summed E-state index contributed by atoms with van der Waals surface area (Å²) in [5, 5.41) is 6.35. The Bertz CT molecular complexity index is 670. The molecule has 0 spiro atoms. The number of nitrogens with zero attached hydrogens (tertiary/aromatic N) is 3. The standard InChI is InChI=1S/C18H19ClFN3/c1-21-13-23(22-2)12-16(14-7-9-17(20)10-8-14)11-15-5-3-4-6-18(15)19/h3-10,13,16H,2,11-12H2,1H3. The third-order valence-electron chi connectivity index (χ3n) is 3.60. The van der Waals surface area contributed by atoms with Gasteiger partial charge >= 0.3 is 0 Å². The fraction of sp³-hybridized carbons (Fsp3) is 0.222. The smallest absolute Gasteiger partial charge is 0.123 e. The van der Waals surface area contributed by atoms with Crippen molar-refractivity contribution in [3.8, 4) is 0 Å². The third-order valence-corrected chi connectivity index (χ3v) is 3.97. The van der Waals surface area contributed by atoms with E-state index in [1.165, 1.54) is 12.1 Å². The molecule has 2 rings (SSSR count). The van der Waals surface area contributed by atoms with E-state index in [1.54, 1.807) is 30.5 Å². The summed E-state index contributed by atoms with van der Waals surface area (Å²) in [6, 6.07) is 14.2. The van der Waals surface area contributed by atoms with Crippen LogP contribution in [0.1, 0.15) is 17.0 Å². The van der Waals surface area contributed by atoms with Gasteiger partial charge in [0.25, 0.3) is 0 Å². The summed E-state index contributed by atoms with van der Waals surface area (Å²) in [4.78, 5) is 3.97. The zero-order valence-corrected chi connectivity index (χ0v) is 13.7. The number of hydrazone groups is 1. The molecule has 0 N–H and O–H groups in total. The van der Waals surface area contributed by atoms with Crippen LogP contribution in [0.2, 0.25) is 5.02 Å². The molecular formula is C18H19ClFN3. The Morgan fingerprint density at radius 2 is 1.91 bits per heavy atom. The van der Waals surface area contributed by atoms with Crippen molar-refractivity contribution in [1.29, 1.82) is 0 Å². The fourth-order valence-corrected chi connectivity index (χ4v) is 2.67. The van der Waals surface area contributed by atoms with Crippen LogP contribution in [0, 0.1) is 5.82 Å². The summed E-state index contributed by atoms with van der Waals surface area (Å²) < 4.78 is 13.2. The van der Waals surface area contributed by atoms with Crippen molar-refractivity contribution in [3.05, 3.63) is 70.5 Å². The summed E-state index contributed by atoms with van der Waals surface area (Å²) in [6.45, 7) is 4.14. The molecule has 0 radical (unpaired) electrons. The second-order valence-corrected chi connectivity index (χ2v) is 5.59. The highest BCUT2D eigenvalue weighted by atomic mass is 35.5. The lowest BCUT2D eigenvalue weighted by Crippen LogP contribution is -2.23. The van der Waals surface area contributed by atoms with Crippen molar-refractivity contribution in [2.24, 2.45) is 10.1 Å². The molecule has 2 aromatic rings. The molecule has 23 heavy (non-hydrogen) atoms. The number of benzene rings is 2. The highest BCUT2D eigenvalue weighted by molar-refractivity contribution is 6.31. The molecule has 3 nitrogen and oxygen atoms in total. The molecule has 1 unspecified atom stereocenters. The Labute approximate surface area is 141 Å². The second-order valence-electron chi connectivity index (χ2n) is 5.18. The van der Waals surface area contributed by atoms with E-state index in [1.807, 2.05) is 24.3 Å². The maximum Gasteiger partial charge on any atom is 0.123 e. The minimum absolute atomic E-state index is 0.0824. The first-order valence-corrected chi connectivity index (χ1v) is 7.66. The molecule has 2 aromatic carbocycles. The van der Waals surface area contributed by atoms with E-state index in [4.69, 9.17) is 11.6 Å². The van der Waals surface area contributed by atoms with Crippen molar-refractivity contribution < 1.29 is 4.39 Å². The summed E-state index contributed by atoms with van der Waals surface area (Å²) in [5.41, 5.74) is 2.06. The van der Waals surface area contributed by atoms with Crippen molar-refractivity contribution in [2.75, 3.05) is 13.6 Å². The molecule has 5 heteroatoms. The van der Waals surface area contributed by atoms with Crippen LogP contribution in [-0.2, 0) is 6.42 Å². The van der Waals surface area contributed by atoms with Gasteiger partial charge in [-0.1, -0.05) is 41.9 Å². The first-order valence-electron chi connectivity index (χ1n) is 7.28. The van der Waals surface area contributed by atoms with Crippen molar-refractivity contribution >= 4 is 24.7 Å². The Balaban J connectivity index is 2.28. The summed E-state index contributed by atoms with van der Waals surface area (Å²) >= 11 is 6.28. The molecule has 120 valence electrons. The van der Waals surface area contributed by atoms with E-state index in [0.717, 1.165) is 22.6 Å². The maximum absolute atomic E-state index is 13.2. The van der Waals surface area contributed by atoms with E-state index in [2.05, 4.69) is 16.8 Å². The Hall–Kier alpha value is -2.20. The van der Waals surface area contributed by atoms with Crippen molar-refractivity contribution in [2.45, 2.75) is 12.3 Å². The van der Waals surface area contributed by atoms with Gasteiger partial charge in [-0.15, -0.1) is 0 Å². The molecule has 0 fully saturated rings. The van der Waals surface area contributed by atoms with Gasteiger partial charge in [-0.2, -0.15) is 5.10 Å². The Morgan fingerprint density at radius 1 is 1.22 bits per heavy atom. The number of rotatable bonds is 7. The molecule has 0 aliphatic heterocycles. The normalized spacial score (nSPS) is 12.3. The van der Waals surface area contributed by atoms with Crippen molar-refractivity contribution in [1.82, 2.24) is 5.01 Å².